The van der Waals surface area contributed by atoms with E-state index in [1.807, 2.05) is 50.4 Å². The van der Waals surface area contributed by atoms with Crippen LogP contribution in [0.15, 0.2) is 35.8 Å². The Morgan fingerprint density at radius 1 is 1.27 bits per heavy atom. The Morgan fingerprint density at radius 3 is 2.77 bits per heavy atom. The number of carbonyl (C=O) groups is 1. The molecule has 0 saturated heterocycles. The molecule has 0 spiro atoms. The first kappa shape index (κ1) is 14.7. The largest absolute Gasteiger partial charge is 0.343 e. The maximum atomic E-state index is 12.7. The average Bonchev–Trinajstić information content (AvgIpc) is 3.01. The number of benzene rings is 1. The fraction of sp³-hybridized carbons (Fsp3) is 0.235. The molecule has 1 aromatic carbocycles. The Hall–Kier alpha value is -2.27. The van der Waals surface area contributed by atoms with Crippen LogP contribution in [0.3, 0.4) is 0 Å². The predicted molar refractivity (Wildman–Crippen MR) is 89.2 cm³/mol. The molecule has 0 aliphatic rings. The number of thiazole rings is 1. The standard InChI is InChI=1S/C17H17N3OS/c1-10-13-6-4-5-7-14(13)19-11(2)15(10)16(21)20-12(3)17-18-8-9-22-17/h4-9,12H,1-3H3,(H,20,21)/t12-/m1/s1. The van der Waals surface area contributed by atoms with Gasteiger partial charge in [0.25, 0.3) is 5.91 Å². The number of fused-ring (bicyclic) bond motifs is 1. The molecule has 2 heterocycles. The van der Waals surface area contributed by atoms with Crippen LogP contribution in [0.25, 0.3) is 10.9 Å². The third-order valence-electron chi connectivity index (χ3n) is 3.73. The summed E-state index contributed by atoms with van der Waals surface area (Å²) < 4.78 is 0. The van der Waals surface area contributed by atoms with Crippen LogP contribution in [0.5, 0.6) is 0 Å². The number of hydrogen-bond donors (Lipinski definition) is 1. The highest BCUT2D eigenvalue weighted by atomic mass is 32.1. The molecule has 4 nitrogen and oxygen atoms in total. The highest BCUT2D eigenvalue weighted by Crippen LogP contribution is 2.23. The summed E-state index contributed by atoms with van der Waals surface area (Å²) in [5.41, 5.74) is 3.29. The van der Waals surface area contributed by atoms with E-state index in [2.05, 4.69) is 15.3 Å². The number of carbonyl (C=O) groups excluding carboxylic acids is 1. The van der Waals surface area contributed by atoms with E-state index >= 15 is 0 Å². The zero-order valence-electron chi connectivity index (χ0n) is 12.8. The normalized spacial score (nSPS) is 12.3. The van der Waals surface area contributed by atoms with Gasteiger partial charge in [-0.3, -0.25) is 9.78 Å². The number of aromatic nitrogens is 2. The summed E-state index contributed by atoms with van der Waals surface area (Å²) in [7, 11) is 0. The molecule has 0 bridgehead atoms. The van der Waals surface area contributed by atoms with Gasteiger partial charge in [0.1, 0.15) is 5.01 Å². The molecular formula is C17H17N3OS. The molecule has 3 rings (SSSR count). The van der Waals surface area contributed by atoms with Gasteiger partial charge in [-0.25, -0.2) is 4.98 Å². The van der Waals surface area contributed by atoms with Crippen molar-refractivity contribution in [3.63, 3.8) is 0 Å². The van der Waals surface area contributed by atoms with E-state index in [1.165, 1.54) is 11.3 Å². The van der Waals surface area contributed by atoms with Gasteiger partial charge < -0.3 is 5.32 Å². The molecule has 5 heteroatoms. The third kappa shape index (κ3) is 2.60. The summed E-state index contributed by atoms with van der Waals surface area (Å²) in [6.45, 7) is 5.79. The monoisotopic (exact) mass is 311 g/mol. The van der Waals surface area contributed by atoms with E-state index < -0.39 is 0 Å². The third-order valence-corrected chi connectivity index (χ3v) is 4.69. The Balaban J connectivity index is 1.97. The van der Waals surface area contributed by atoms with Crippen molar-refractivity contribution in [1.82, 2.24) is 15.3 Å². The molecule has 0 aliphatic heterocycles. The summed E-state index contributed by atoms with van der Waals surface area (Å²) in [6.07, 6.45) is 1.75. The van der Waals surface area contributed by atoms with E-state index in [1.54, 1.807) is 6.20 Å². The Kier molecular flexibility index (Phi) is 3.90. The highest BCUT2D eigenvalue weighted by Gasteiger charge is 2.19. The van der Waals surface area contributed by atoms with E-state index in [-0.39, 0.29) is 11.9 Å². The van der Waals surface area contributed by atoms with E-state index in [4.69, 9.17) is 0 Å². The minimum atomic E-state index is -0.113. The highest BCUT2D eigenvalue weighted by molar-refractivity contribution is 7.09. The van der Waals surface area contributed by atoms with Crippen LogP contribution in [0, 0.1) is 13.8 Å². The summed E-state index contributed by atoms with van der Waals surface area (Å²) in [6, 6.07) is 7.77. The Bertz CT molecular complexity index is 827. The summed E-state index contributed by atoms with van der Waals surface area (Å²) in [5, 5.41) is 6.84. The molecule has 22 heavy (non-hydrogen) atoms. The van der Waals surface area contributed by atoms with Crippen molar-refractivity contribution in [2.24, 2.45) is 0 Å². The van der Waals surface area contributed by atoms with Gasteiger partial charge in [0.2, 0.25) is 0 Å². The minimum Gasteiger partial charge on any atom is -0.343 e. The number of pyridine rings is 1. The maximum Gasteiger partial charge on any atom is 0.253 e. The Morgan fingerprint density at radius 2 is 2.05 bits per heavy atom. The van der Waals surface area contributed by atoms with Gasteiger partial charge in [-0.2, -0.15) is 0 Å². The van der Waals surface area contributed by atoms with E-state index in [0.29, 0.717) is 5.56 Å². The lowest BCUT2D eigenvalue weighted by Gasteiger charge is -2.15. The van der Waals surface area contributed by atoms with Gasteiger partial charge in [0, 0.05) is 17.0 Å². The number of nitrogens with one attached hydrogen (secondary N) is 1. The van der Waals surface area contributed by atoms with Gasteiger partial charge in [-0.15, -0.1) is 11.3 Å². The fourth-order valence-electron chi connectivity index (χ4n) is 2.64. The number of rotatable bonds is 3. The molecular weight excluding hydrogens is 294 g/mol. The maximum absolute atomic E-state index is 12.7. The van der Waals surface area contributed by atoms with Crippen LogP contribution in [-0.2, 0) is 0 Å². The molecule has 0 fully saturated rings. The quantitative estimate of drug-likeness (QED) is 0.800. The van der Waals surface area contributed by atoms with Gasteiger partial charge in [0.05, 0.1) is 22.8 Å². The van der Waals surface area contributed by atoms with Gasteiger partial charge in [-0.1, -0.05) is 18.2 Å². The van der Waals surface area contributed by atoms with Crippen molar-refractivity contribution in [2.75, 3.05) is 0 Å². The van der Waals surface area contributed by atoms with Gasteiger partial charge in [-0.05, 0) is 32.4 Å². The van der Waals surface area contributed by atoms with Gasteiger partial charge >= 0.3 is 0 Å². The van der Waals surface area contributed by atoms with E-state index in [0.717, 1.165) is 27.2 Å². The second kappa shape index (κ2) is 5.85. The lowest BCUT2D eigenvalue weighted by Crippen LogP contribution is -2.28. The number of para-hydroxylation sites is 1. The first-order valence-electron chi connectivity index (χ1n) is 7.14. The van der Waals surface area contributed by atoms with Crippen molar-refractivity contribution in [3.05, 3.63) is 57.7 Å². The number of amides is 1. The second-order valence-corrected chi connectivity index (χ2v) is 6.21. The van der Waals surface area contributed by atoms with Crippen molar-refractivity contribution in [3.8, 4) is 0 Å². The molecule has 2 aromatic heterocycles. The van der Waals surface area contributed by atoms with Crippen LogP contribution in [0.2, 0.25) is 0 Å². The summed E-state index contributed by atoms with van der Waals surface area (Å²) >= 11 is 1.54. The van der Waals surface area contributed by atoms with Crippen molar-refractivity contribution >= 4 is 28.1 Å². The minimum absolute atomic E-state index is 0.101. The van der Waals surface area contributed by atoms with Crippen LogP contribution >= 0.6 is 11.3 Å². The molecule has 0 unspecified atom stereocenters. The lowest BCUT2D eigenvalue weighted by atomic mass is 10.0. The summed E-state index contributed by atoms with van der Waals surface area (Å²) in [4.78, 5) is 21.5. The molecule has 3 aromatic rings. The first-order valence-corrected chi connectivity index (χ1v) is 8.02. The van der Waals surface area contributed by atoms with Crippen LogP contribution < -0.4 is 5.32 Å². The lowest BCUT2D eigenvalue weighted by molar-refractivity contribution is 0.0938. The number of aryl methyl sites for hydroxylation is 2. The topological polar surface area (TPSA) is 54.9 Å². The molecule has 0 saturated carbocycles. The molecule has 1 amide bonds. The molecule has 1 atom stereocenters. The smallest absolute Gasteiger partial charge is 0.253 e. The van der Waals surface area contributed by atoms with Crippen LogP contribution in [0.4, 0.5) is 0 Å². The number of hydrogen-bond acceptors (Lipinski definition) is 4. The zero-order valence-corrected chi connectivity index (χ0v) is 13.6. The molecule has 1 N–H and O–H groups in total. The Labute approximate surface area is 133 Å². The molecule has 0 radical (unpaired) electrons. The fourth-order valence-corrected chi connectivity index (χ4v) is 3.29. The van der Waals surface area contributed by atoms with Crippen molar-refractivity contribution < 1.29 is 4.79 Å². The average molecular weight is 311 g/mol. The summed E-state index contributed by atoms with van der Waals surface area (Å²) in [5.74, 6) is -0.101. The zero-order chi connectivity index (χ0) is 15.7. The first-order chi connectivity index (χ1) is 10.6. The van der Waals surface area contributed by atoms with Crippen molar-refractivity contribution in [1.29, 1.82) is 0 Å². The molecule has 112 valence electrons. The van der Waals surface area contributed by atoms with E-state index in [9.17, 15) is 4.79 Å². The predicted octanol–water partition coefficient (Wildman–Crippen LogP) is 3.80. The van der Waals surface area contributed by atoms with Crippen LogP contribution in [-0.4, -0.2) is 15.9 Å². The second-order valence-electron chi connectivity index (χ2n) is 5.28. The number of nitrogens with zero attached hydrogens (tertiary/aromatic N) is 2. The van der Waals surface area contributed by atoms with Gasteiger partial charge in [0.15, 0.2) is 0 Å². The van der Waals surface area contributed by atoms with Crippen molar-refractivity contribution in [2.45, 2.75) is 26.8 Å². The SMILES string of the molecule is Cc1nc2ccccc2c(C)c1C(=O)N[C@H](C)c1nccs1. The molecule has 0 aliphatic carbocycles. The van der Waals surface area contributed by atoms with Crippen LogP contribution in [0.1, 0.15) is 39.6 Å².